The van der Waals surface area contributed by atoms with Crippen molar-refractivity contribution >= 4 is 11.3 Å². The molecule has 0 aromatic carbocycles. The highest BCUT2D eigenvalue weighted by atomic mass is 32.1. The molecule has 1 heterocycles. The molecule has 2 N–H and O–H groups in total. The van der Waals surface area contributed by atoms with Gasteiger partial charge in [-0.2, -0.15) is 11.3 Å². The Morgan fingerprint density at radius 3 is 2.67 bits per heavy atom. The van der Waals surface area contributed by atoms with Crippen LogP contribution in [0.3, 0.4) is 0 Å². The lowest BCUT2D eigenvalue weighted by Gasteiger charge is -2.31. The molecule has 0 aliphatic heterocycles. The fraction of sp³-hybridized carbons (Fsp3) is 0.667. The Morgan fingerprint density at radius 1 is 1.47 bits per heavy atom. The molecule has 2 nitrogen and oxygen atoms in total. The standard InChI is InChI=1S/C12H21NOS/c1-12(2,3)11(4-6-14)13-8-10-5-7-15-9-10/h5,7,9,11,13-14H,4,6,8H2,1-3H3. The third kappa shape index (κ3) is 4.33. The molecule has 0 fully saturated rings. The predicted octanol–water partition coefficient (Wildman–Crippen LogP) is 2.63. The second kappa shape index (κ2) is 5.64. The van der Waals surface area contributed by atoms with Gasteiger partial charge in [-0.3, -0.25) is 0 Å². The van der Waals surface area contributed by atoms with Gasteiger partial charge in [0.2, 0.25) is 0 Å². The van der Waals surface area contributed by atoms with E-state index in [-0.39, 0.29) is 12.0 Å². The van der Waals surface area contributed by atoms with Gasteiger partial charge in [-0.25, -0.2) is 0 Å². The summed E-state index contributed by atoms with van der Waals surface area (Å²) < 4.78 is 0. The van der Waals surface area contributed by atoms with Crippen molar-refractivity contribution in [1.82, 2.24) is 5.32 Å². The lowest BCUT2D eigenvalue weighted by molar-refractivity contribution is 0.196. The first kappa shape index (κ1) is 12.7. The third-order valence-corrected chi connectivity index (χ3v) is 3.33. The molecule has 0 saturated carbocycles. The van der Waals surface area contributed by atoms with Gasteiger partial charge in [-0.1, -0.05) is 20.8 Å². The number of thiophene rings is 1. The van der Waals surface area contributed by atoms with Crippen LogP contribution in [0.15, 0.2) is 16.8 Å². The quantitative estimate of drug-likeness (QED) is 0.810. The zero-order valence-corrected chi connectivity index (χ0v) is 10.6. The molecule has 0 amide bonds. The van der Waals surface area contributed by atoms with Crippen LogP contribution in [-0.2, 0) is 6.54 Å². The molecule has 1 aromatic heterocycles. The monoisotopic (exact) mass is 227 g/mol. The topological polar surface area (TPSA) is 32.3 Å². The van der Waals surface area contributed by atoms with Crippen molar-refractivity contribution < 1.29 is 5.11 Å². The van der Waals surface area contributed by atoms with Gasteiger partial charge >= 0.3 is 0 Å². The van der Waals surface area contributed by atoms with Crippen molar-refractivity contribution in [2.45, 2.75) is 39.8 Å². The molecule has 0 spiro atoms. The molecule has 0 saturated heterocycles. The van der Waals surface area contributed by atoms with Crippen LogP contribution in [0.5, 0.6) is 0 Å². The summed E-state index contributed by atoms with van der Waals surface area (Å²) in [5.74, 6) is 0. The van der Waals surface area contributed by atoms with Gasteiger partial charge in [0, 0.05) is 19.2 Å². The molecular formula is C12H21NOS. The number of rotatable bonds is 5. The third-order valence-electron chi connectivity index (χ3n) is 2.60. The van der Waals surface area contributed by atoms with E-state index in [2.05, 4.69) is 42.9 Å². The zero-order chi connectivity index (χ0) is 11.3. The largest absolute Gasteiger partial charge is 0.396 e. The molecule has 3 heteroatoms. The summed E-state index contributed by atoms with van der Waals surface area (Å²) in [7, 11) is 0. The van der Waals surface area contributed by atoms with Gasteiger partial charge in [-0.05, 0) is 34.2 Å². The Morgan fingerprint density at radius 2 is 2.20 bits per heavy atom. The summed E-state index contributed by atoms with van der Waals surface area (Å²) in [6, 6.07) is 2.50. The Balaban J connectivity index is 2.45. The molecule has 1 aromatic rings. The van der Waals surface area contributed by atoms with E-state index < -0.39 is 0 Å². The Bertz CT molecular complexity index is 264. The van der Waals surface area contributed by atoms with Gasteiger partial charge in [-0.15, -0.1) is 0 Å². The van der Waals surface area contributed by atoms with Crippen molar-refractivity contribution in [2.75, 3.05) is 6.61 Å². The summed E-state index contributed by atoms with van der Waals surface area (Å²) >= 11 is 1.72. The normalized spacial score (nSPS) is 14.1. The smallest absolute Gasteiger partial charge is 0.0446 e. The molecule has 0 bridgehead atoms. The van der Waals surface area contributed by atoms with Crippen LogP contribution >= 0.6 is 11.3 Å². The average Bonchev–Trinajstić information content (AvgIpc) is 2.62. The van der Waals surface area contributed by atoms with Gasteiger partial charge in [0.1, 0.15) is 0 Å². The van der Waals surface area contributed by atoms with E-state index in [0.29, 0.717) is 6.04 Å². The maximum Gasteiger partial charge on any atom is 0.0446 e. The SMILES string of the molecule is CC(C)(C)C(CCO)NCc1ccsc1. The first-order valence-corrected chi connectivity index (χ1v) is 6.33. The summed E-state index contributed by atoms with van der Waals surface area (Å²) in [4.78, 5) is 0. The van der Waals surface area contributed by atoms with Crippen molar-refractivity contribution in [3.05, 3.63) is 22.4 Å². The van der Waals surface area contributed by atoms with Crippen LogP contribution < -0.4 is 5.32 Å². The fourth-order valence-electron chi connectivity index (χ4n) is 1.60. The van der Waals surface area contributed by atoms with Crippen LogP contribution in [-0.4, -0.2) is 17.8 Å². The van der Waals surface area contributed by atoms with Crippen molar-refractivity contribution in [3.8, 4) is 0 Å². The molecule has 86 valence electrons. The number of aliphatic hydroxyl groups excluding tert-OH is 1. The molecule has 0 aliphatic rings. The van der Waals surface area contributed by atoms with Gasteiger partial charge in [0.25, 0.3) is 0 Å². The van der Waals surface area contributed by atoms with E-state index in [1.54, 1.807) is 11.3 Å². The first-order valence-electron chi connectivity index (χ1n) is 5.39. The number of hydrogen-bond acceptors (Lipinski definition) is 3. The van der Waals surface area contributed by atoms with E-state index >= 15 is 0 Å². The highest BCUT2D eigenvalue weighted by Crippen LogP contribution is 2.22. The highest BCUT2D eigenvalue weighted by Gasteiger charge is 2.23. The van der Waals surface area contributed by atoms with E-state index in [0.717, 1.165) is 13.0 Å². The lowest BCUT2D eigenvalue weighted by Crippen LogP contribution is -2.40. The van der Waals surface area contributed by atoms with Crippen molar-refractivity contribution in [3.63, 3.8) is 0 Å². The maximum absolute atomic E-state index is 9.02. The molecule has 0 aliphatic carbocycles. The van der Waals surface area contributed by atoms with Crippen molar-refractivity contribution in [2.24, 2.45) is 5.41 Å². The maximum atomic E-state index is 9.02. The van der Waals surface area contributed by atoms with E-state index in [4.69, 9.17) is 5.11 Å². The summed E-state index contributed by atoms with van der Waals surface area (Å²) in [6.45, 7) is 7.75. The van der Waals surface area contributed by atoms with Crippen LogP contribution in [0.25, 0.3) is 0 Å². The van der Waals surface area contributed by atoms with Crippen molar-refractivity contribution in [1.29, 1.82) is 0 Å². The molecular weight excluding hydrogens is 206 g/mol. The van der Waals surface area contributed by atoms with Gasteiger partial charge in [0.05, 0.1) is 0 Å². The minimum Gasteiger partial charge on any atom is -0.396 e. The number of aliphatic hydroxyl groups is 1. The second-order valence-corrected chi connectivity index (χ2v) is 5.72. The molecule has 1 unspecified atom stereocenters. The Labute approximate surface area is 96.3 Å². The second-order valence-electron chi connectivity index (χ2n) is 4.94. The molecule has 0 radical (unpaired) electrons. The minimum absolute atomic E-state index is 0.193. The lowest BCUT2D eigenvalue weighted by atomic mass is 9.85. The Hall–Kier alpha value is -0.380. The average molecular weight is 227 g/mol. The molecule has 1 rings (SSSR count). The number of nitrogens with one attached hydrogen (secondary N) is 1. The Kier molecular flexibility index (Phi) is 4.77. The molecule has 15 heavy (non-hydrogen) atoms. The van der Waals surface area contributed by atoms with Crippen LogP contribution in [0.1, 0.15) is 32.8 Å². The van der Waals surface area contributed by atoms with E-state index in [9.17, 15) is 0 Å². The highest BCUT2D eigenvalue weighted by molar-refractivity contribution is 7.07. The summed E-state index contributed by atoms with van der Waals surface area (Å²) in [5, 5.41) is 16.8. The number of hydrogen-bond donors (Lipinski definition) is 2. The minimum atomic E-state index is 0.193. The van der Waals surface area contributed by atoms with Gasteiger partial charge < -0.3 is 10.4 Å². The fourth-order valence-corrected chi connectivity index (χ4v) is 2.27. The zero-order valence-electron chi connectivity index (χ0n) is 9.79. The molecule has 1 atom stereocenters. The predicted molar refractivity (Wildman–Crippen MR) is 66.1 cm³/mol. The van der Waals surface area contributed by atoms with E-state index in [1.807, 2.05) is 0 Å². The van der Waals surface area contributed by atoms with Gasteiger partial charge in [0.15, 0.2) is 0 Å². The van der Waals surface area contributed by atoms with Crippen LogP contribution in [0.2, 0.25) is 0 Å². The van der Waals surface area contributed by atoms with Crippen LogP contribution in [0, 0.1) is 5.41 Å². The first-order chi connectivity index (χ1) is 7.04. The summed E-state index contributed by atoms with van der Waals surface area (Å²) in [5.41, 5.74) is 1.52. The van der Waals surface area contributed by atoms with E-state index in [1.165, 1.54) is 5.56 Å². The summed E-state index contributed by atoms with van der Waals surface area (Å²) in [6.07, 6.45) is 0.813. The van der Waals surface area contributed by atoms with Crippen LogP contribution in [0.4, 0.5) is 0 Å².